The molecule has 1 aromatic rings. The zero-order chi connectivity index (χ0) is 14.3. The smallest absolute Gasteiger partial charge is 0.333 e. The van der Waals surface area contributed by atoms with E-state index in [2.05, 4.69) is 29.2 Å². The number of halogens is 2. The number of carbonyl (C=O) groups is 1. The van der Waals surface area contributed by atoms with Crippen molar-refractivity contribution in [3.63, 3.8) is 0 Å². The lowest BCUT2D eigenvalue weighted by Gasteiger charge is -2.17. The maximum Gasteiger partial charge on any atom is 0.333 e. The van der Waals surface area contributed by atoms with Gasteiger partial charge in [-0.3, -0.25) is 4.79 Å². The van der Waals surface area contributed by atoms with E-state index in [1.54, 1.807) is 0 Å². The number of nitrogens with one attached hydrogen (secondary N) is 1. The summed E-state index contributed by atoms with van der Waals surface area (Å²) >= 11 is 0. The number of aromatic nitrogens is 2. The lowest BCUT2D eigenvalue weighted by atomic mass is 10.3. The molecule has 0 aliphatic rings. The fourth-order valence-electron chi connectivity index (χ4n) is 1.70. The quantitative estimate of drug-likeness (QED) is 0.735. The van der Waals surface area contributed by atoms with Crippen LogP contribution >= 0.6 is 0 Å². The van der Waals surface area contributed by atoms with Gasteiger partial charge in [-0.15, -0.1) is 0 Å². The van der Waals surface area contributed by atoms with Crippen LogP contribution < -0.4 is 5.32 Å². The first-order valence-corrected chi connectivity index (χ1v) is 6.42. The molecule has 0 bridgehead atoms. The summed E-state index contributed by atoms with van der Waals surface area (Å²) in [7, 11) is 0. The number of carbonyl (C=O) groups excluding carboxylic acids is 1. The van der Waals surface area contributed by atoms with Crippen molar-refractivity contribution >= 4 is 5.91 Å². The second-order valence-electron chi connectivity index (χ2n) is 4.09. The molecule has 0 spiro atoms. The highest BCUT2D eigenvalue weighted by Crippen LogP contribution is 2.08. The Kier molecular flexibility index (Phi) is 6.41. The van der Waals surface area contributed by atoms with E-state index in [0.717, 1.165) is 32.3 Å². The molecule has 7 heteroatoms. The molecular formula is C12H20F2N4O. The van der Waals surface area contributed by atoms with Gasteiger partial charge in [-0.2, -0.15) is 13.9 Å². The van der Waals surface area contributed by atoms with Gasteiger partial charge in [0.15, 0.2) is 0 Å². The average Bonchev–Trinajstić information content (AvgIpc) is 2.88. The molecule has 0 aliphatic carbocycles. The Bertz CT molecular complexity index is 391. The molecule has 0 atom stereocenters. The highest BCUT2D eigenvalue weighted by molar-refractivity contribution is 5.92. The van der Waals surface area contributed by atoms with Crippen LogP contribution in [-0.4, -0.2) is 46.8 Å². The van der Waals surface area contributed by atoms with E-state index in [4.69, 9.17) is 0 Å². The Morgan fingerprint density at radius 3 is 2.68 bits per heavy atom. The Morgan fingerprint density at radius 1 is 1.47 bits per heavy atom. The largest absolute Gasteiger partial charge is 0.351 e. The molecule has 1 aromatic heterocycles. The van der Waals surface area contributed by atoms with Crippen molar-refractivity contribution in [2.24, 2.45) is 0 Å². The fraction of sp³-hybridized carbons (Fsp3) is 0.667. The molecule has 19 heavy (non-hydrogen) atoms. The van der Waals surface area contributed by atoms with Gasteiger partial charge in [0.1, 0.15) is 5.69 Å². The summed E-state index contributed by atoms with van der Waals surface area (Å²) in [5.74, 6) is -0.418. The van der Waals surface area contributed by atoms with Crippen molar-refractivity contribution in [2.45, 2.75) is 26.8 Å². The first kappa shape index (κ1) is 15.6. The van der Waals surface area contributed by atoms with Crippen LogP contribution in [0.5, 0.6) is 0 Å². The summed E-state index contributed by atoms with van der Waals surface area (Å²) in [6.45, 7) is 4.81. The molecule has 0 saturated heterocycles. The second-order valence-corrected chi connectivity index (χ2v) is 4.09. The van der Waals surface area contributed by atoms with Gasteiger partial charge >= 0.3 is 6.55 Å². The average molecular weight is 274 g/mol. The summed E-state index contributed by atoms with van der Waals surface area (Å²) in [6.07, 6.45) is 1.92. The van der Waals surface area contributed by atoms with Gasteiger partial charge in [-0.1, -0.05) is 13.8 Å². The fourth-order valence-corrected chi connectivity index (χ4v) is 1.70. The Labute approximate surface area is 111 Å². The van der Waals surface area contributed by atoms with Gasteiger partial charge in [-0.25, -0.2) is 4.68 Å². The molecule has 0 saturated carbocycles. The van der Waals surface area contributed by atoms with E-state index in [1.807, 2.05) is 0 Å². The molecule has 108 valence electrons. The van der Waals surface area contributed by atoms with Crippen LogP contribution in [0.15, 0.2) is 12.3 Å². The van der Waals surface area contributed by atoms with Crippen molar-refractivity contribution < 1.29 is 13.6 Å². The van der Waals surface area contributed by atoms with Gasteiger partial charge < -0.3 is 10.2 Å². The first-order valence-electron chi connectivity index (χ1n) is 6.42. The monoisotopic (exact) mass is 274 g/mol. The first-order chi connectivity index (χ1) is 9.08. The van der Waals surface area contributed by atoms with Crippen LogP contribution in [0, 0.1) is 0 Å². The molecule has 1 rings (SSSR count). The molecule has 0 unspecified atom stereocenters. The standard InChI is InChI=1S/C12H20F2N4O/c1-3-17(4-2)8-5-7-15-11(19)10-6-9-18(16-10)12(13)14/h6,9,12H,3-5,7-8H2,1-2H3,(H,15,19). The summed E-state index contributed by atoms with van der Waals surface area (Å²) in [5.41, 5.74) is 0.0168. The number of amides is 1. The van der Waals surface area contributed by atoms with Crippen molar-refractivity contribution in [3.05, 3.63) is 18.0 Å². The molecule has 5 nitrogen and oxygen atoms in total. The highest BCUT2D eigenvalue weighted by Gasteiger charge is 2.12. The number of hydrogen-bond acceptors (Lipinski definition) is 3. The lowest BCUT2D eigenvalue weighted by Crippen LogP contribution is -2.30. The van der Waals surface area contributed by atoms with Gasteiger partial charge in [0.25, 0.3) is 5.91 Å². The van der Waals surface area contributed by atoms with Crippen LogP contribution in [0.4, 0.5) is 8.78 Å². The van der Waals surface area contributed by atoms with E-state index >= 15 is 0 Å². The molecular weight excluding hydrogens is 254 g/mol. The molecule has 0 radical (unpaired) electrons. The van der Waals surface area contributed by atoms with Gasteiger partial charge in [0.05, 0.1) is 0 Å². The van der Waals surface area contributed by atoms with Gasteiger partial charge in [0.2, 0.25) is 0 Å². The lowest BCUT2D eigenvalue weighted by molar-refractivity contribution is 0.0560. The number of alkyl halides is 2. The van der Waals surface area contributed by atoms with E-state index in [9.17, 15) is 13.6 Å². The maximum atomic E-state index is 12.3. The van der Waals surface area contributed by atoms with Gasteiger partial charge in [-0.05, 0) is 32.1 Å². The summed E-state index contributed by atoms with van der Waals surface area (Å²) in [4.78, 5) is 13.9. The SMILES string of the molecule is CCN(CC)CCCNC(=O)c1ccn(C(F)F)n1. The van der Waals surface area contributed by atoms with Crippen LogP contribution in [0.25, 0.3) is 0 Å². The van der Waals surface area contributed by atoms with Crippen molar-refractivity contribution in [3.8, 4) is 0 Å². The van der Waals surface area contributed by atoms with Crippen molar-refractivity contribution in [1.82, 2.24) is 20.0 Å². The molecule has 1 heterocycles. The Balaban J connectivity index is 2.31. The number of nitrogens with zero attached hydrogens (tertiary/aromatic N) is 3. The normalized spacial score (nSPS) is 11.3. The van der Waals surface area contributed by atoms with Crippen LogP contribution in [-0.2, 0) is 0 Å². The second kappa shape index (κ2) is 7.83. The molecule has 1 amide bonds. The topological polar surface area (TPSA) is 50.2 Å². The zero-order valence-electron chi connectivity index (χ0n) is 11.3. The minimum atomic E-state index is -2.72. The predicted octanol–water partition coefficient (Wildman–Crippen LogP) is 1.74. The van der Waals surface area contributed by atoms with E-state index < -0.39 is 12.5 Å². The summed E-state index contributed by atoms with van der Waals surface area (Å²) in [5, 5.41) is 6.17. The van der Waals surface area contributed by atoms with Crippen molar-refractivity contribution in [1.29, 1.82) is 0 Å². The van der Waals surface area contributed by atoms with Crippen LogP contribution in [0.2, 0.25) is 0 Å². The number of hydrogen-bond donors (Lipinski definition) is 1. The third kappa shape index (κ3) is 4.94. The predicted molar refractivity (Wildman–Crippen MR) is 68.2 cm³/mol. The van der Waals surface area contributed by atoms with E-state index in [0.29, 0.717) is 11.2 Å². The molecule has 0 aliphatic heterocycles. The summed E-state index contributed by atoms with van der Waals surface area (Å²) < 4.78 is 25.0. The minimum absolute atomic E-state index is 0.0168. The van der Waals surface area contributed by atoms with Crippen LogP contribution in [0.1, 0.15) is 37.3 Å². The zero-order valence-corrected chi connectivity index (χ0v) is 11.3. The van der Waals surface area contributed by atoms with E-state index in [-0.39, 0.29) is 5.69 Å². The van der Waals surface area contributed by atoms with Crippen molar-refractivity contribution in [2.75, 3.05) is 26.2 Å². The van der Waals surface area contributed by atoms with Crippen LogP contribution in [0.3, 0.4) is 0 Å². The molecule has 0 fully saturated rings. The Hall–Kier alpha value is -1.50. The maximum absolute atomic E-state index is 12.3. The third-order valence-electron chi connectivity index (χ3n) is 2.87. The Morgan fingerprint density at radius 2 is 2.16 bits per heavy atom. The van der Waals surface area contributed by atoms with Gasteiger partial charge in [0, 0.05) is 12.7 Å². The third-order valence-corrected chi connectivity index (χ3v) is 2.87. The minimum Gasteiger partial charge on any atom is -0.351 e. The summed E-state index contributed by atoms with van der Waals surface area (Å²) in [6, 6.07) is 1.28. The number of rotatable bonds is 8. The van der Waals surface area contributed by atoms with E-state index in [1.165, 1.54) is 6.07 Å². The molecule has 1 N–H and O–H groups in total. The molecule has 0 aromatic carbocycles. The highest BCUT2D eigenvalue weighted by atomic mass is 19.3.